The van der Waals surface area contributed by atoms with Gasteiger partial charge >= 0.3 is 0 Å². The van der Waals surface area contributed by atoms with Crippen LogP contribution in [0.2, 0.25) is 0 Å². The zero-order valence-electron chi connectivity index (χ0n) is 7.60. The van der Waals surface area contributed by atoms with E-state index in [1.165, 1.54) is 11.8 Å². The van der Waals surface area contributed by atoms with Crippen molar-refractivity contribution in [2.45, 2.75) is 0 Å². The zero-order chi connectivity index (χ0) is 10.4. The van der Waals surface area contributed by atoms with Crippen molar-refractivity contribution in [1.82, 2.24) is 5.43 Å². The van der Waals surface area contributed by atoms with E-state index in [1.807, 2.05) is 6.26 Å². The lowest BCUT2D eigenvalue weighted by Crippen LogP contribution is -2.09. The molecule has 5 heteroatoms. The van der Waals surface area contributed by atoms with Crippen LogP contribution in [0.4, 0.5) is 0 Å². The first-order chi connectivity index (χ1) is 6.72. The molecule has 1 aromatic carbocycles. The minimum atomic E-state index is 0.245. The largest absolute Gasteiger partial charge is 0.508 e. The third-order valence-corrected chi connectivity index (χ3v) is 2.50. The van der Waals surface area contributed by atoms with Gasteiger partial charge in [-0.15, -0.1) is 0 Å². The van der Waals surface area contributed by atoms with Gasteiger partial charge in [0.2, 0.25) is 0 Å². The molecule has 1 aromatic rings. The minimum absolute atomic E-state index is 0.245. The summed E-state index contributed by atoms with van der Waals surface area (Å²) in [7, 11) is 0. The van der Waals surface area contributed by atoms with Crippen LogP contribution in [0.5, 0.6) is 5.75 Å². The summed E-state index contributed by atoms with van der Waals surface area (Å²) in [5.74, 6) is 0.245. The van der Waals surface area contributed by atoms with Crippen LogP contribution in [0.15, 0.2) is 29.4 Å². The monoisotopic (exact) mass is 226 g/mol. The standard InChI is InChI=1S/C9H10N2OS2/c1-14-9(13)11-10-6-7-2-4-8(12)5-3-7/h2-6,12H,1H3,(H,11,13)/b10-6+. The topological polar surface area (TPSA) is 44.6 Å². The van der Waals surface area contributed by atoms with Gasteiger partial charge in [-0.1, -0.05) is 24.0 Å². The summed E-state index contributed by atoms with van der Waals surface area (Å²) in [4.78, 5) is 0. The lowest BCUT2D eigenvalue weighted by Gasteiger charge is -1.97. The van der Waals surface area contributed by atoms with Gasteiger partial charge in [0.25, 0.3) is 0 Å². The molecule has 0 heterocycles. The molecule has 0 fully saturated rings. The fourth-order valence-electron chi connectivity index (χ4n) is 0.766. The maximum Gasteiger partial charge on any atom is 0.153 e. The molecule has 0 bridgehead atoms. The van der Waals surface area contributed by atoms with Gasteiger partial charge in [0, 0.05) is 0 Å². The first-order valence-corrected chi connectivity index (χ1v) is 5.51. The van der Waals surface area contributed by atoms with Gasteiger partial charge in [0.1, 0.15) is 5.75 Å². The number of hydrogen-bond donors (Lipinski definition) is 2. The number of phenolic OH excluding ortho intramolecular Hbond substituents is 1. The molecule has 0 aliphatic rings. The summed E-state index contributed by atoms with van der Waals surface area (Å²) in [6.45, 7) is 0. The molecule has 0 unspecified atom stereocenters. The van der Waals surface area contributed by atoms with Crippen molar-refractivity contribution >= 4 is 34.5 Å². The second-order valence-electron chi connectivity index (χ2n) is 2.45. The molecule has 0 aromatic heterocycles. The van der Waals surface area contributed by atoms with Crippen LogP contribution in [0.1, 0.15) is 5.56 Å². The fourth-order valence-corrected chi connectivity index (χ4v) is 0.962. The van der Waals surface area contributed by atoms with E-state index in [-0.39, 0.29) is 5.75 Å². The number of rotatable bonds is 2. The van der Waals surface area contributed by atoms with E-state index >= 15 is 0 Å². The second kappa shape index (κ2) is 5.62. The molecular formula is C9H10N2OS2. The Morgan fingerprint density at radius 2 is 2.14 bits per heavy atom. The molecular weight excluding hydrogens is 216 g/mol. The van der Waals surface area contributed by atoms with E-state index in [1.54, 1.807) is 30.5 Å². The molecule has 0 saturated carbocycles. The molecule has 0 atom stereocenters. The Hall–Kier alpha value is -1.07. The highest BCUT2D eigenvalue weighted by Crippen LogP contribution is 2.07. The van der Waals surface area contributed by atoms with Crippen molar-refractivity contribution in [1.29, 1.82) is 0 Å². The lowest BCUT2D eigenvalue weighted by atomic mass is 10.2. The summed E-state index contributed by atoms with van der Waals surface area (Å²) < 4.78 is 0.625. The summed E-state index contributed by atoms with van der Waals surface area (Å²) in [6, 6.07) is 6.74. The van der Waals surface area contributed by atoms with Gasteiger partial charge in [-0.05, 0) is 36.1 Å². The van der Waals surface area contributed by atoms with Crippen molar-refractivity contribution in [2.75, 3.05) is 6.26 Å². The lowest BCUT2D eigenvalue weighted by molar-refractivity contribution is 0.475. The third kappa shape index (κ3) is 3.76. The SMILES string of the molecule is CSC(=S)N/N=C/c1ccc(O)cc1. The highest BCUT2D eigenvalue weighted by molar-refractivity contribution is 8.22. The van der Waals surface area contributed by atoms with E-state index in [0.717, 1.165) is 5.56 Å². The van der Waals surface area contributed by atoms with Crippen LogP contribution < -0.4 is 5.43 Å². The molecule has 0 radical (unpaired) electrons. The average Bonchev–Trinajstić information content (AvgIpc) is 2.21. The fraction of sp³-hybridized carbons (Fsp3) is 0.111. The van der Waals surface area contributed by atoms with Crippen LogP contribution in [-0.4, -0.2) is 21.9 Å². The molecule has 0 spiro atoms. The van der Waals surface area contributed by atoms with Crippen LogP contribution >= 0.6 is 24.0 Å². The molecule has 1 rings (SSSR count). The van der Waals surface area contributed by atoms with Crippen molar-refractivity contribution in [3.8, 4) is 5.75 Å². The van der Waals surface area contributed by atoms with Crippen molar-refractivity contribution in [3.05, 3.63) is 29.8 Å². The summed E-state index contributed by atoms with van der Waals surface area (Å²) in [5.41, 5.74) is 3.60. The molecule has 14 heavy (non-hydrogen) atoms. The van der Waals surface area contributed by atoms with Crippen LogP contribution in [0, 0.1) is 0 Å². The predicted molar refractivity (Wildman–Crippen MR) is 64.9 cm³/mol. The van der Waals surface area contributed by atoms with Crippen molar-refractivity contribution in [2.24, 2.45) is 5.10 Å². The third-order valence-electron chi connectivity index (χ3n) is 1.45. The first kappa shape index (κ1) is 11.0. The van der Waals surface area contributed by atoms with Crippen molar-refractivity contribution < 1.29 is 5.11 Å². The van der Waals surface area contributed by atoms with Crippen LogP contribution in [0.25, 0.3) is 0 Å². The maximum atomic E-state index is 9.02. The summed E-state index contributed by atoms with van der Waals surface area (Å²) in [6.07, 6.45) is 3.52. The normalized spacial score (nSPS) is 10.4. The number of thiocarbonyl (C=S) groups is 1. The Morgan fingerprint density at radius 3 is 2.71 bits per heavy atom. The number of benzene rings is 1. The summed E-state index contributed by atoms with van der Waals surface area (Å²) >= 11 is 6.32. The Balaban J connectivity index is 2.52. The van der Waals surface area contributed by atoms with Gasteiger partial charge < -0.3 is 5.11 Å². The smallest absolute Gasteiger partial charge is 0.153 e. The molecule has 0 aliphatic heterocycles. The molecule has 2 N–H and O–H groups in total. The predicted octanol–water partition coefficient (Wildman–Crippen LogP) is 1.96. The minimum Gasteiger partial charge on any atom is -0.508 e. The van der Waals surface area contributed by atoms with Crippen LogP contribution in [0.3, 0.4) is 0 Å². The molecule has 0 saturated heterocycles. The Kier molecular flexibility index (Phi) is 4.42. The average molecular weight is 226 g/mol. The molecule has 0 amide bonds. The molecule has 0 aliphatic carbocycles. The molecule has 74 valence electrons. The van der Waals surface area contributed by atoms with E-state index in [9.17, 15) is 0 Å². The zero-order valence-corrected chi connectivity index (χ0v) is 9.23. The quantitative estimate of drug-likeness (QED) is 0.460. The number of thioether (sulfide) groups is 1. The Bertz CT molecular complexity index is 335. The van der Waals surface area contributed by atoms with E-state index in [4.69, 9.17) is 17.3 Å². The number of nitrogens with zero attached hydrogens (tertiary/aromatic N) is 1. The number of aromatic hydroxyl groups is 1. The first-order valence-electron chi connectivity index (χ1n) is 3.88. The maximum absolute atomic E-state index is 9.02. The number of hydrazone groups is 1. The van der Waals surface area contributed by atoms with Gasteiger partial charge in [0.05, 0.1) is 6.21 Å². The Morgan fingerprint density at radius 1 is 1.50 bits per heavy atom. The number of nitrogens with one attached hydrogen (secondary N) is 1. The van der Waals surface area contributed by atoms with Gasteiger partial charge in [0.15, 0.2) is 4.32 Å². The van der Waals surface area contributed by atoms with Crippen molar-refractivity contribution in [3.63, 3.8) is 0 Å². The van der Waals surface area contributed by atoms with Gasteiger partial charge in [-0.3, -0.25) is 5.43 Å². The van der Waals surface area contributed by atoms with Gasteiger partial charge in [-0.25, -0.2) is 0 Å². The molecule has 3 nitrogen and oxygen atoms in total. The van der Waals surface area contributed by atoms with E-state index in [2.05, 4.69) is 10.5 Å². The highest BCUT2D eigenvalue weighted by Gasteiger charge is 1.89. The Labute approximate surface area is 92.2 Å². The number of phenols is 1. The van der Waals surface area contributed by atoms with Crippen LogP contribution in [-0.2, 0) is 0 Å². The highest BCUT2D eigenvalue weighted by atomic mass is 32.2. The van der Waals surface area contributed by atoms with E-state index < -0.39 is 0 Å². The number of hydrogen-bond acceptors (Lipinski definition) is 4. The van der Waals surface area contributed by atoms with Gasteiger partial charge in [-0.2, -0.15) is 5.10 Å². The summed E-state index contributed by atoms with van der Waals surface area (Å²) in [5, 5.41) is 12.9. The van der Waals surface area contributed by atoms with E-state index in [0.29, 0.717) is 4.32 Å². The second-order valence-corrected chi connectivity index (χ2v) is 3.94.